The Morgan fingerprint density at radius 3 is 2.25 bits per heavy atom. The Labute approximate surface area is 324 Å². The Morgan fingerprint density at radius 2 is 1.61 bits per heavy atom. The van der Waals surface area contributed by atoms with Crippen LogP contribution in [-0.2, 0) is 34.6 Å². The van der Waals surface area contributed by atoms with E-state index in [-0.39, 0.29) is 58.4 Å². The first-order chi connectivity index (χ1) is 23.7. The molecule has 8 nitrogen and oxygen atoms in total. The average Bonchev–Trinajstić information content (AvgIpc) is 3.40. The Kier molecular flexibility index (Phi) is 11.5. The third kappa shape index (κ3) is 7.10. The summed E-state index contributed by atoms with van der Waals surface area (Å²) in [4.78, 5) is 25.8. The molecule has 0 spiro atoms. The number of aliphatic carboxylic acids is 1. The second-order valence-electron chi connectivity index (χ2n) is 14.8. The van der Waals surface area contributed by atoms with E-state index in [4.69, 9.17) is 14.2 Å². The molecule has 0 amide bonds. The monoisotopic (exact) mass is 702 g/mol. The molecule has 1 atom stereocenters. The molecule has 0 bridgehead atoms. The normalized spacial score (nSPS) is 20.4. The number of benzene rings is 2. The Hall–Kier alpha value is -3.27. The summed E-state index contributed by atoms with van der Waals surface area (Å²) in [5.74, 6) is -1.26. The molecule has 0 radical (unpaired) electrons. The largest absolute Gasteiger partial charge is 1.00 e. The molecule has 1 N–H and O–H groups in total. The molecule has 9 heteroatoms. The molecule has 0 saturated heterocycles. The fraction of sp³-hybridized carbons (Fsp3) is 0.452. The van der Waals surface area contributed by atoms with Crippen molar-refractivity contribution >= 4 is 28.8 Å². The van der Waals surface area contributed by atoms with Crippen molar-refractivity contribution in [1.82, 2.24) is 0 Å². The first-order valence-electron chi connectivity index (χ1n) is 17.9. The molecule has 1 aliphatic carbocycles. The molecule has 2 aromatic rings. The average molecular weight is 703 g/mol. The predicted molar refractivity (Wildman–Crippen MR) is 196 cm³/mol. The van der Waals surface area contributed by atoms with Crippen LogP contribution in [0.1, 0.15) is 83.6 Å². The minimum absolute atomic E-state index is 0. The molecule has 264 valence electrons. The molecule has 1 unspecified atom stereocenters. The van der Waals surface area contributed by atoms with E-state index < -0.39 is 11.8 Å². The first kappa shape index (κ1) is 38.9. The van der Waals surface area contributed by atoms with E-state index in [0.717, 1.165) is 31.5 Å². The van der Waals surface area contributed by atoms with Gasteiger partial charge in [0.05, 0.1) is 11.8 Å². The molecule has 0 fully saturated rings. The molecule has 0 saturated carbocycles. The van der Waals surface area contributed by atoms with Gasteiger partial charge in [0.15, 0.2) is 24.3 Å². The van der Waals surface area contributed by atoms with Gasteiger partial charge in [-0.25, -0.2) is 4.79 Å². The predicted octanol–water partition coefficient (Wildman–Crippen LogP) is 4.74. The van der Waals surface area contributed by atoms with E-state index in [0.29, 0.717) is 24.5 Å². The molecule has 7 rings (SSSR count). The third-order valence-corrected chi connectivity index (χ3v) is 10.9. The van der Waals surface area contributed by atoms with Crippen molar-refractivity contribution in [3.05, 3.63) is 105 Å². The Balaban J connectivity index is 0.000000200. The summed E-state index contributed by atoms with van der Waals surface area (Å²) in [5.41, 5.74) is 11.9. The number of ketones is 1. The minimum atomic E-state index is -1.21. The first-order valence-corrected chi connectivity index (χ1v) is 17.9. The van der Waals surface area contributed by atoms with Gasteiger partial charge in [0.1, 0.15) is 17.4 Å². The smallest absolute Gasteiger partial charge is 0.485 e. The van der Waals surface area contributed by atoms with Gasteiger partial charge >= 0.3 is 35.5 Å². The van der Waals surface area contributed by atoms with Crippen LogP contribution in [0.5, 0.6) is 0 Å². The van der Waals surface area contributed by atoms with E-state index in [1.165, 1.54) is 57.2 Å². The zero-order valence-corrected chi connectivity index (χ0v) is 34.0. The standard InChI is InChI=1S/C23H21NO4.C19H30NO2.Na/c1-12-4-5-17-16(8-12)23(2,3)21-15-10-13-9-14(22(26)27)18(25)11-20(13)28-19(15)6-7-24(17)21;1-7-21-18(22-8-2)11-12-20-15(4)19(5,6)16-13-14(3)9-10-17(16)20;/h4-5,8-11,19H,6-7H2,1-3H3,(H,26,27);9-10,13,18H,7-8,11-12H2,1-6H3;/q;2*+1. The number of aryl methyl sites for hydroxylation is 2. The molecular formula is C42H51N2NaO6+2. The van der Waals surface area contributed by atoms with Crippen LogP contribution in [0.3, 0.4) is 0 Å². The second-order valence-corrected chi connectivity index (χ2v) is 14.8. The van der Waals surface area contributed by atoms with Gasteiger partial charge in [0.25, 0.3) is 0 Å². The van der Waals surface area contributed by atoms with E-state index in [2.05, 4.69) is 94.3 Å². The van der Waals surface area contributed by atoms with Crippen LogP contribution in [0.25, 0.3) is 0 Å². The van der Waals surface area contributed by atoms with Crippen LogP contribution in [0.4, 0.5) is 11.4 Å². The molecule has 5 aliphatic rings. The summed E-state index contributed by atoms with van der Waals surface area (Å²) in [6.07, 6.45) is 6.21. The number of carboxylic acids is 1. The van der Waals surface area contributed by atoms with Crippen molar-refractivity contribution in [3.8, 4) is 0 Å². The number of hydrogen-bond donors (Lipinski definition) is 1. The number of allylic oxidation sites excluding steroid dienone is 3. The van der Waals surface area contributed by atoms with Crippen LogP contribution in [0, 0.1) is 13.8 Å². The fourth-order valence-corrected chi connectivity index (χ4v) is 8.05. The van der Waals surface area contributed by atoms with E-state index >= 15 is 0 Å². The number of fused-ring (bicyclic) bond motifs is 6. The summed E-state index contributed by atoms with van der Waals surface area (Å²) >= 11 is 0. The van der Waals surface area contributed by atoms with Gasteiger partial charge in [-0.3, -0.25) is 4.79 Å². The van der Waals surface area contributed by atoms with Gasteiger partial charge in [-0.15, -0.1) is 0 Å². The molecule has 0 aromatic heterocycles. The van der Waals surface area contributed by atoms with Crippen LogP contribution >= 0.6 is 0 Å². The summed E-state index contributed by atoms with van der Waals surface area (Å²) < 4.78 is 20.0. The summed E-state index contributed by atoms with van der Waals surface area (Å²) in [5, 5.41) is 9.30. The summed E-state index contributed by atoms with van der Waals surface area (Å²) in [7, 11) is 0. The van der Waals surface area contributed by atoms with Crippen LogP contribution < -0.4 is 34.5 Å². The van der Waals surface area contributed by atoms with Crippen LogP contribution in [0.2, 0.25) is 0 Å². The number of ether oxygens (including phenoxy) is 3. The Bertz CT molecular complexity index is 1910. The van der Waals surface area contributed by atoms with E-state index in [9.17, 15) is 14.7 Å². The van der Waals surface area contributed by atoms with Gasteiger partial charge in [0.2, 0.25) is 5.69 Å². The number of carbonyl (C=O) groups is 2. The minimum Gasteiger partial charge on any atom is -0.485 e. The fourth-order valence-electron chi connectivity index (χ4n) is 8.05. The van der Waals surface area contributed by atoms with E-state index in [1.54, 1.807) is 0 Å². The van der Waals surface area contributed by atoms with Crippen molar-refractivity contribution < 1.29 is 63.0 Å². The summed E-state index contributed by atoms with van der Waals surface area (Å²) in [6, 6.07) is 13.3. The third-order valence-electron chi connectivity index (χ3n) is 10.9. The number of carboxylic acid groups (broad SMARTS) is 1. The summed E-state index contributed by atoms with van der Waals surface area (Å²) in [6.45, 7) is 22.8. The number of nitrogens with zero attached hydrogens (tertiary/aromatic N) is 2. The van der Waals surface area contributed by atoms with Crippen molar-refractivity contribution in [3.63, 3.8) is 0 Å². The SMILES string of the molecule is CCOC(CC[N+]1=C(C)C(C)(C)c2cc(C)ccc21)OCC.Cc1ccc2c(c1)C(C)(C)C1=C3C=C4C=C(C(=O)O)C(=O)C=C4OC3CCN12.[Na+]. The number of hydrogen-bond acceptors (Lipinski definition) is 6. The van der Waals surface area contributed by atoms with Crippen LogP contribution in [0.15, 0.2) is 82.8 Å². The van der Waals surface area contributed by atoms with Gasteiger partial charge in [-0.2, -0.15) is 4.58 Å². The number of rotatable bonds is 8. The van der Waals surface area contributed by atoms with Crippen molar-refractivity contribution in [2.24, 2.45) is 0 Å². The molecule has 4 heterocycles. The van der Waals surface area contributed by atoms with Crippen LogP contribution in [-0.4, -0.2) is 65.8 Å². The maximum Gasteiger partial charge on any atom is 1.00 e. The molecule has 2 aromatic carbocycles. The molecule has 4 aliphatic heterocycles. The van der Waals surface area contributed by atoms with Crippen molar-refractivity contribution in [2.75, 3.05) is 31.2 Å². The quantitative estimate of drug-likeness (QED) is 0.184. The topological polar surface area (TPSA) is 88.3 Å². The Morgan fingerprint density at radius 1 is 0.961 bits per heavy atom. The van der Waals surface area contributed by atoms with Crippen molar-refractivity contribution in [2.45, 2.75) is 98.4 Å². The maximum atomic E-state index is 12.1. The second kappa shape index (κ2) is 15.0. The van der Waals surface area contributed by atoms with Gasteiger partial charge in [-0.1, -0.05) is 43.2 Å². The molecule has 51 heavy (non-hydrogen) atoms. The van der Waals surface area contributed by atoms with Gasteiger partial charge in [0, 0.05) is 78.8 Å². The van der Waals surface area contributed by atoms with Gasteiger partial charge in [-0.05, 0) is 71.4 Å². The van der Waals surface area contributed by atoms with E-state index in [1.807, 2.05) is 19.9 Å². The van der Waals surface area contributed by atoms with Gasteiger partial charge < -0.3 is 24.2 Å². The van der Waals surface area contributed by atoms with Crippen molar-refractivity contribution in [1.29, 1.82) is 0 Å². The molecular weight excluding hydrogens is 651 g/mol. The zero-order valence-electron chi connectivity index (χ0n) is 32.0. The maximum absolute atomic E-state index is 12.1. The number of carbonyl (C=O) groups excluding carboxylic acids is 1. The zero-order chi connectivity index (χ0) is 36.1. The number of anilines is 1.